The summed E-state index contributed by atoms with van der Waals surface area (Å²) >= 11 is 0. The van der Waals surface area contributed by atoms with E-state index in [2.05, 4.69) is 10.4 Å². The van der Waals surface area contributed by atoms with Crippen LogP contribution in [0.3, 0.4) is 0 Å². The first-order valence-electron chi connectivity index (χ1n) is 6.01. The SMILES string of the molecule is NNC(CCc1ccncc1)c1c(F)cccc1F. The fourth-order valence-electron chi connectivity index (χ4n) is 2.02. The van der Waals surface area contributed by atoms with Crippen LogP contribution in [0.2, 0.25) is 0 Å². The van der Waals surface area contributed by atoms with Gasteiger partial charge in [-0.05, 0) is 42.7 Å². The molecule has 2 rings (SSSR count). The fraction of sp³-hybridized carbons (Fsp3) is 0.214. The van der Waals surface area contributed by atoms with Crippen LogP contribution in [0.1, 0.15) is 23.6 Å². The van der Waals surface area contributed by atoms with Crippen molar-refractivity contribution < 1.29 is 8.78 Å². The highest BCUT2D eigenvalue weighted by atomic mass is 19.1. The first-order valence-corrected chi connectivity index (χ1v) is 6.01. The van der Waals surface area contributed by atoms with E-state index in [1.54, 1.807) is 12.4 Å². The van der Waals surface area contributed by atoms with E-state index in [4.69, 9.17) is 5.84 Å². The van der Waals surface area contributed by atoms with Gasteiger partial charge in [0.25, 0.3) is 0 Å². The number of hydrazine groups is 1. The van der Waals surface area contributed by atoms with E-state index >= 15 is 0 Å². The van der Waals surface area contributed by atoms with Gasteiger partial charge in [0.15, 0.2) is 0 Å². The van der Waals surface area contributed by atoms with Crippen LogP contribution >= 0.6 is 0 Å². The summed E-state index contributed by atoms with van der Waals surface area (Å²) in [5.41, 5.74) is 3.51. The van der Waals surface area contributed by atoms with Crippen LogP contribution in [-0.2, 0) is 6.42 Å². The van der Waals surface area contributed by atoms with E-state index in [0.29, 0.717) is 12.8 Å². The lowest BCUT2D eigenvalue weighted by atomic mass is 9.99. The highest BCUT2D eigenvalue weighted by molar-refractivity contribution is 5.23. The van der Waals surface area contributed by atoms with E-state index in [9.17, 15) is 8.78 Å². The first-order chi connectivity index (χ1) is 9.22. The quantitative estimate of drug-likeness (QED) is 0.643. The van der Waals surface area contributed by atoms with Crippen molar-refractivity contribution in [2.24, 2.45) is 5.84 Å². The lowest BCUT2D eigenvalue weighted by Gasteiger charge is -2.17. The van der Waals surface area contributed by atoms with E-state index in [1.165, 1.54) is 18.2 Å². The molecule has 1 unspecified atom stereocenters. The molecule has 0 saturated carbocycles. The minimum Gasteiger partial charge on any atom is -0.271 e. The van der Waals surface area contributed by atoms with Gasteiger partial charge in [-0.15, -0.1) is 0 Å². The summed E-state index contributed by atoms with van der Waals surface area (Å²) in [7, 11) is 0. The Morgan fingerprint density at radius 3 is 2.32 bits per heavy atom. The molecule has 3 N–H and O–H groups in total. The summed E-state index contributed by atoms with van der Waals surface area (Å²) in [6.45, 7) is 0. The van der Waals surface area contributed by atoms with Crippen molar-refractivity contribution in [2.75, 3.05) is 0 Å². The largest absolute Gasteiger partial charge is 0.271 e. The second kappa shape index (κ2) is 6.36. The topological polar surface area (TPSA) is 50.9 Å². The summed E-state index contributed by atoms with van der Waals surface area (Å²) in [5.74, 6) is 4.24. The number of nitrogens with zero attached hydrogens (tertiary/aromatic N) is 1. The van der Waals surface area contributed by atoms with Crippen molar-refractivity contribution in [3.8, 4) is 0 Å². The van der Waals surface area contributed by atoms with Gasteiger partial charge >= 0.3 is 0 Å². The Hall–Kier alpha value is -1.85. The Labute approximate surface area is 110 Å². The molecule has 0 aliphatic heterocycles. The van der Waals surface area contributed by atoms with Crippen molar-refractivity contribution in [3.63, 3.8) is 0 Å². The zero-order chi connectivity index (χ0) is 13.7. The van der Waals surface area contributed by atoms with E-state index in [-0.39, 0.29) is 5.56 Å². The van der Waals surface area contributed by atoms with Gasteiger partial charge in [-0.2, -0.15) is 0 Å². The molecule has 0 fully saturated rings. The Kier molecular flexibility index (Phi) is 4.54. The summed E-state index contributed by atoms with van der Waals surface area (Å²) in [5, 5.41) is 0. The highest BCUT2D eigenvalue weighted by Gasteiger charge is 2.18. The monoisotopic (exact) mass is 263 g/mol. The Balaban J connectivity index is 2.12. The van der Waals surface area contributed by atoms with Crippen molar-refractivity contribution in [1.82, 2.24) is 10.4 Å². The van der Waals surface area contributed by atoms with Gasteiger partial charge in [0.2, 0.25) is 0 Å². The zero-order valence-corrected chi connectivity index (χ0v) is 10.3. The number of halogens is 2. The Morgan fingerprint density at radius 2 is 1.74 bits per heavy atom. The molecule has 0 aliphatic carbocycles. The highest BCUT2D eigenvalue weighted by Crippen LogP contribution is 2.24. The Bertz CT molecular complexity index is 511. The minimum absolute atomic E-state index is 0.0148. The number of aryl methyl sites for hydroxylation is 1. The van der Waals surface area contributed by atoms with Gasteiger partial charge in [0, 0.05) is 18.0 Å². The molecular weight excluding hydrogens is 248 g/mol. The molecule has 19 heavy (non-hydrogen) atoms. The number of hydrogen-bond acceptors (Lipinski definition) is 3. The van der Waals surface area contributed by atoms with Crippen molar-refractivity contribution >= 4 is 0 Å². The standard InChI is InChI=1S/C14H15F2N3/c15-11-2-1-3-12(16)14(11)13(19-17)5-4-10-6-8-18-9-7-10/h1-3,6-9,13,19H,4-5,17H2. The van der Waals surface area contributed by atoms with E-state index < -0.39 is 17.7 Å². The molecule has 0 saturated heterocycles. The second-order valence-electron chi connectivity index (χ2n) is 4.25. The van der Waals surface area contributed by atoms with E-state index in [0.717, 1.165) is 5.56 Å². The lowest BCUT2D eigenvalue weighted by molar-refractivity contribution is 0.454. The lowest BCUT2D eigenvalue weighted by Crippen LogP contribution is -2.30. The van der Waals surface area contributed by atoms with E-state index in [1.807, 2.05) is 12.1 Å². The van der Waals surface area contributed by atoms with Gasteiger partial charge in [-0.1, -0.05) is 6.07 Å². The Morgan fingerprint density at radius 1 is 1.11 bits per heavy atom. The molecule has 0 radical (unpaired) electrons. The summed E-state index contributed by atoms with van der Waals surface area (Å²) in [6, 6.07) is 6.97. The normalized spacial score (nSPS) is 12.4. The molecule has 100 valence electrons. The van der Waals surface area contributed by atoms with Crippen LogP contribution in [0.25, 0.3) is 0 Å². The summed E-state index contributed by atoms with van der Waals surface area (Å²) < 4.78 is 27.3. The molecule has 0 amide bonds. The molecule has 1 atom stereocenters. The average Bonchev–Trinajstić information content (AvgIpc) is 2.43. The number of pyridine rings is 1. The van der Waals surface area contributed by atoms with Gasteiger partial charge in [0.05, 0.1) is 6.04 Å². The zero-order valence-electron chi connectivity index (χ0n) is 10.3. The molecule has 0 bridgehead atoms. The van der Waals surface area contributed by atoms with Gasteiger partial charge in [-0.3, -0.25) is 16.3 Å². The number of hydrogen-bond donors (Lipinski definition) is 2. The number of nitrogens with two attached hydrogens (primary N) is 1. The molecule has 5 heteroatoms. The molecule has 1 aromatic heterocycles. The minimum atomic E-state index is -0.585. The second-order valence-corrected chi connectivity index (χ2v) is 4.25. The molecule has 1 heterocycles. The van der Waals surface area contributed by atoms with Crippen molar-refractivity contribution in [2.45, 2.75) is 18.9 Å². The molecule has 0 spiro atoms. The number of rotatable bonds is 5. The van der Waals surface area contributed by atoms with Gasteiger partial charge in [0.1, 0.15) is 11.6 Å². The first kappa shape index (κ1) is 13.6. The fourth-order valence-corrected chi connectivity index (χ4v) is 2.02. The maximum atomic E-state index is 13.7. The number of nitrogens with one attached hydrogen (secondary N) is 1. The smallest absolute Gasteiger partial charge is 0.130 e. The third kappa shape index (κ3) is 3.33. The van der Waals surface area contributed by atoms with Crippen LogP contribution in [-0.4, -0.2) is 4.98 Å². The van der Waals surface area contributed by atoms with Crippen LogP contribution in [0.5, 0.6) is 0 Å². The predicted molar refractivity (Wildman–Crippen MR) is 69.0 cm³/mol. The maximum absolute atomic E-state index is 13.7. The maximum Gasteiger partial charge on any atom is 0.130 e. The van der Waals surface area contributed by atoms with Gasteiger partial charge < -0.3 is 0 Å². The molecule has 3 nitrogen and oxygen atoms in total. The molecule has 2 aromatic rings. The number of benzene rings is 1. The third-order valence-corrected chi connectivity index (χ3v) is 3.02. The predicted octanol–water partition coefficient (Wildman–Crippen LogP) is 2.50. The van der Waals surface area contributed by atoms with Crippen molar-refractivity contribution in [1.29, 1.82) is 0 Å². The number of aromatic nitrogens is 1. The average molecular weight is 263 g/mol. The summed E-state index contributed by atoms with van der Waals surface area (Å²) in [4.78, 5) is 3.92. The van der Waals surface area contributed by atoms with Crippen LogP contribution in [0, 0.1) is 11.6 Å². The third-order valence-electron chi connectivity index (χ3n) is 3.02. The van der Waals surface area contributed by atoms with Crippen LogP contribution in [0.15, 0.2) is 42.7 Å². The summed E-state index contributed by atoms with van der Waals surface area (Å²) in [6.07, 6.45) is 4.53. The molecule has 1 aromatic carbocycles. The van der Waals surface area contributed by atoms with Crippen molar-refractivity contribution in [3.05, 3.63) is 65.5 Å². The molecular formula is C14H15F2N3. The molecule has 0 aliphatic rings. The van der Waals surface area contributed by atoms with Gasteiger partial charge in [-0.25, -0.2) is 8.78 Å². The van der Waals surface area contributed by atoms with Crippen LogP contribution in [0.4, 0.5) is 8.78 Å². The van der Waals surface area contributed by atoms with Crippen LogP contribution < -0.4 is 11.3 Å².